The Morgan fingerprint density at radius 1 is 0.193 bits per heavy atom. The summed E-state index contributed by atoms with van der Waals surface area (Å²) in [6.45, 7) is -0.909. The van der Waals surface area contributed by atoms with Crippen molar-refractivity contribution in [3.05, 3.63) is 419 Å². The topological polar surface area (TPSA) is 77.5 Å². The van der Waals surface area contributed by atoms with Crippen molar-refractivity contribution < 1.29 is 0 Å². The van der Waals surface area contributed by atoms with Crippen LogP contribution < -0.4 is 88.4 Å². The van der Waals surface area contributed by atoms with E-state index in [9.17, 15) is 0 Å². The fraction of sp³-hybridized carbons (Fsp3) is 0. The summed E-state index contributed by atoms with van der Waals surface area (Å²) in [7, 11) is 0. The van der Waals surface area contributed by atoms with Gasteiger partial charge in [0.05, 0.1) is 0 Å². The highest BCUT2D eigenvalue weighted by Gasteiger charge is 2.51. The monoisotopic (exact) mass is 1520 g/mol. The standard InChI is InChI=1S/C104H69B3N12/c1-11-35-72(36-12-1)112(73-37-13-2-14-38-73)96-67-94-98-104(111-96)119(81-53-29-10-30-54-81)93-66-92-86(65-87(93)105(98)82-55-31-33-57-88(82)114(94)76-43-19-5-20-44-76)106-84-61-59-71(70-60-62-90-85(63-70)107-83-56-32-34-58-89(83)116(78-47-23-7-24-48-78)101-100(107)102(109-69-108-101)117(90)79-49-25-8-26-50-79)64-91(84)118(80-51-27-9-28-52-80)103-99(106)95(115(92)77-45-21-6-22-46-77)68-97(110-103)113(74-39-15-3-16-40-74)75-41-17-4-18-42-75/h1-69H. The van der Waals surface area contributed by atoms with E-state index in [1.54, 1.807) is 6.33 Å². The summed E-state index contributed by atoms with van der Waals surface area (Å²) in [6.07, 6.45) is 1.73. The van der Waals surface area contributed by atoms with Gasteiger partial charge < -0.3 is 9.80 Å². The van der Waals surface area contributed by atoms with Gasteiger partial charge in [0.25, 0.3) is 20.1 Å². The number of nitrogens with zero attached hydrogens (tertiary/aromatic N) is 12. The van der Waals surface area contributed by atoms with Crippen LogP contribution in [0.25, 0.3) is 11.1 Å². The second-order valence-electron chi connectivity index (χ2n) is 30.9. The molecule has 119 heavy (non-hydrogen) atoms. The maximum absolute atomic E-state index is 6.25. The van der Waals surface area contributed by atoms with Crippen LogP contribution >= 0.6 is 0 Å². The zero-order valence-electron chi connectivity index (χ0n) is 64.4. The van der Waals surface area contributed by atoms with Crippen molar-refractivity contribution in [3.8, 4) is 11.1 Å². The number of para-hydroxylation sites is 12. The first-order chi connectivity index (χ1) is 59.1. The lowest BCUT2D eigenvalue weighted by atomic mass is 9.30. The minimum Gasteiger partial charge on any atom is -0.311 e. The molecule has 24 rings (SSSR count). The second kappa shape index (κ2) is 27.5. The van der Waals surface area contributed by atoms with Gasteiger partial charge in [-0.3, -0.25) is 29.4 Å². The van der Waals surface area contributed by atoms with Gasteiger partial charge in [-0.15, -0.1) is 0 Å². The number of pyridine rings is 2. The molecule has 12 nitrogen and oxygen atoms in total. The Hall–Kier alpha value is -15.7. The number of benzene rings is 15. The number of hydrogen-bond donors (Lipinski definition) is 0. The number of fused-ring (bicyclic) bond motifs is 12. The molecule has 0 saturated carbocycles. The minimum absolute atomic E-state index is 0.220. The zero-order chi connectivity index (χ0) is 78.2. The number of anilines is 24. The highest BCUT2D eigenvalue weighted by molar-refractivity contribution is 7.03. The Morgan fingerprint density at radius 3 is 0.891 bits per heavy atom. The lowest BCUT2D eigenvalue weighted by Crippen LogP contribution is -2.65. The van der Waals surface area contributed by atoms with E-state index in [2.05, 4.69) is 452 Å². The summed E-state index contributed by atoms with van der Waals surface area (Å²) in [5.74, 6) is 4.92. The third-order valence-electron chi connectivity index (χ3n) is 24.4. The van der Waals surface area contributed by atoms with Crippen LogP contribution in [0.4, 0.5) is 137 Å². The maximum atomic E-state index is 6.25. The Kier molecular flexibility index (Phi) is 15.7. The van der Waals surface area contributed by atoms with Gasteiger partial charge in [0.1, 0.15) is 41.2 Å². The van der Waals surface area contributed by atoms with E-state index < -0.39 is 0 Å². The molecule has 0 atom stereocenters. The molecule has 0 saturated heterocycles. The second-order valence-corrected chi connectivity index (χ2v) is 30.9. The van der Waals surface area contributed by atoms with Gasteiger partial charge >= 0.3 is 0 Å². The number of rotatable bonds is 13. The van der Waals surface area contributed by atoms with E-state index in [4.69, 9.17) is 19.9 Å². The van der Waals surface area contributed by atoms with Crippen LogP contribution in [-0.2, 0) is 0 Å². The molecule has 0 unspecified atom stereocenters. The average molecular weight is 1520 g/mol. The molecule has 0 amide bonds. The van der Waals surface area contributed by atoms with Crippen LogP contribution in [-0.4, -0.2) is 40.1 Å². The van der Waals surface area contributed by atoms with Gasteiger partial charge in [0.15, 0.2) is 0 Å². The molecule has 0 radical (unpaired) electrons. The smallest absolute Gasteiger partial charge is 0.256 e. The molecule has 15 aromatic carbocycles. The minimum atomic E-state index is -0.381. The van der Waals surface area contributed by atoms with Gasteiger partial charge in [-0.05, 0) is 206 Å². The fourth-order valence-corrected chi connectivity index (χ4v) is 19.5. The van der Waals surface area contributed by atoms with Gasteiger partial charge in [0, 0.05) is 120 Å². The van der Waals surface area contributed by atoms with Crippen molar-refractivity contribution in [2.45, 2.75) is 0 Å². The van der Waals surface area contributed by atoms with E-state index >= 15 is 0 Å². The van der Waals surface area contributed by atoms with E-state index in [0.717, 1.165) is 187 Å². The van der Waals surface area contributed by atoms with Crippen LogP contribution in [0.15, 0.2) is 419 Å². The summed E-state index contributed by atoms with van der Waals surface area (Å²) >= 11 is 0. The van der Waals surface area contributed by atoms with Crippen molar-refractivity contribution in [2.75, 3.05) is 39.2 Å². The van der Waals surface area contributed by atoms with Gasteiger partial charge in [-0.25, -0.2) is 19.9 Å². The molecular formula is C104H69B3N12. The first-order valence-electron chi connectivity index (χ1n) is 40.6. The molecule has 15 heteroatoms. The number of aromatic nitrogens is 4. The van der Waals surface area contributed by atoms with Crippen molar-refractivity contribution in [3.63, 3.8) is 0 Å². The lowest BCUT2D eigenvalue weighted by Gasteiger charge is -2.47. The maximum Gasteiger partial charge on any atom is 0.256 e. The predicted octanol–water partition coefficient (Wildman–Crippen LogP) is 20.1. The Morgan fingerprint density at radius 2 is 0.479 bits per heavy atom. The lowest BCUT2D eigenvalue weighted by molar-refractivity contribution is 1.09. The molecule has 0 aliphatic carbocycles. The largest absolute Gasteiger partial charge is 0.311 e. The first-order valence-corrected chi connectivity index (χ1v) is 40.6. The zero-order valence-corrected chi connectivity index (χ0v) is 64.4. The predicted molar refractivity (Wildman–Crippen MR) is 494 cm³/mol. The normalized spacial score (nSPS) is 13.2. The van der Waals surface area contributed by atoms with Crippen LogP contribution in [0.5, 0.6) is 0 Å². The van der Waals surface area contributed by atoms with Crippen LogP contribution in [0.2, 0.25) is 0 Å². The van der Waals surface area contributed by atoms with Crippen LogP contribution in [0, 0.1) is 0 Å². The third-order valence-corrected chi connectivity index (χ3v) is 24.4. The third kappa shape index (κ3) is 10.7. The Bertz CT molecular complexity index is 6900. The van der Waals surface area contributed by atoms with E-state index in [-0.39, 0.29) is 20.1 Å². The molecule has 9 heterocycles. The average Bonchev–Trinajstić information content (AvgIpc) is 0.683. The molecule has 0 bridgehead atoms. The summed E-state index contributed by atoms with van der Waals surface area (Å²) in [5, 5.41) is 0. The van der Waals surface area contributed by atoms with E-state index in [1.807, 2.05) is 0 Å². The van der Waals surface area contributed by atoms with E-state index in [0.29, 0.717) is 0 Å². The van der Waals surface area contributed by atoms with E-state index in [1.165, 1.54) is 10.9 Å². The summed E-state index contributed by atoms with van der Waals surface area (Å²) in [5.41, 5.74) is 30.7. The van der Waals surface area contributed by atoms with Gasteiger partial charge in [-0.2, -0.15) is 0 Å². The molecule has 0 N–H and O–H groups in total. The first kappa shape index (κ1) is 67.7. The molecule has 0 fully saturated rings. The molecule has 18 aromatic rings. The number of hydrogen-bond acceptors (Lipinski definition) is 12. The summed E-state index contributed by atoms with van der Waals surface area (Å²) < 4.78 is 0. The van der Waals surface area contributed by atoms with Crippen LogP contribution in [0.3, 0.4) is 0 Å². The van der Waals surface area contributed by atoms with Gasteiger partial charge in [-0.1, -0.05) is 249 Å². The Balaban J connectivity index is 0.784. The SMILES string of the molecule is c1ccc(N(c2ccccc2)c2cc3c4c(n2)N(c2ccccc2)c2cc(-c5ccc6c(c5)B5c7ccccc7N(c7ccccc7)c7ncnc(c75)N6c5ccccc5)ccc2B4c2cc4c(cc2N3c2ccccc2)N(c2ccccc2)c2nc(N(c3ccccc3)c3ccccc3)cc3c2B4c2ccccc2N3c2ccccc2)cc1. The van der Waals surface area contributed by atoms with Crippen molar-refractivity contribution in [1.29, 1.82) is 0 Å². The fourth-order valence-electron chi connectivity index (χ4n) is 19.5. The molecule has 0 spiro atoms. The van der Waals surface area contributed by atoms with Crippen molar-refractivity contribution in [1.82, 2.24) is 19.9 Å². The highest BCUT2D eigenvalue weighted by atomic mass is 15.3. The highest BCUT2D eigenvalue weighted by Crippen LogP contribution is 2.53. The van der Waals surface area contributed by atoms with Crippen LogP contribution in [0.1, 0.15) is 0 Å². The molecular weight excluding hydrogens is 1450 g/mol. The molecule has 554 valence electrons. The summed E-state index contributed by atoms with van der Waals surface area (Å²) in [6, 6.07) is 150. The molecule has 6 aliphatic rings. The molecule has 6 aliphatic heterocycles. The van der Waals surface area contributed by atoms with Crippen molar-refractivity contribution in [2.24, 2.45) is 0 Å². The van der Waals surface area contributed by atoms with Crippen molar-refractivity contribution >= 4 is 207 Å². The van der Waals surface area contributed by atoms with Gasteiger partial charge in [0.2, 0.25) is 0 Å². The Labute approximate surface area is 691 Å². The quantitative estimate of drug-likeness (QED) is 0.103. The summed E-state index contributed by atoms with van der Waals surface area (Å²) in [4.78, 5) is 42.1. The molecule has 3 aromatic heterocycles.